The van der Waals surface area contributed by atoms with Crippen LogP contribution in [0.3, 0.4) is 0 Å². The summed E-state index contributed by atoms with van der Waals surface area (Å²) in [7, 11) is 6.63. The van der Waals surface area contributed by atoms with E-state index in [9.17, 15) is 4.79 Å². The van der Waals surface area contributed by atoms with Crippen LogP contribution in [0, 0.1) is 0 Å². The first-order chi connectivity index (χ1) is 5.65. The van der Waals surface area contributed by atoms with E-state index in [0.717, 1.165) is 0 Å². The quantitative estimate of drug-likeness (QED) is 0.462. The van der Waals surface area contributed by atoms with Crippen LogP contribution in [0.2, 0.25) is 5.02 Å². The second-order valence-corrected chi connectivity index (χ2v) is 2.50. The van der Waals surface area contributed by atoms with Crippen molar-refractivity contribution in [2.24, 2.45) is 0 Å². The Balaban J connectivity index is 3.09. The molecule has 1 aromatic heterocycles. The van der Waals surface area contributed by atoms with Crippen molar-refractivity contribution in [1.29, 1.82) is 0 Å². The van der Waals surface area contributed by atoms with E-state index >= 15 is 0 Å². The number of pyridine rings is 1. The maximum atomic E-state index is 10.9. The number of hydrogen-bond acceptors (Lipinski definition) is 3. The molecule has 0 aliphatic heterocycles. The van der Waals surface area contributed by atoms with Gasteiger partial charge >= 0.3 is 5.97 Å². The van der Waals surface area contributed by atoms with Gasteiger partial charge in [0.1, 0.15) is 7.85 Å². The monoisotopic (exact) mass is 181 g/mol. The highest BCUT2D eigenvalue weighted by atomic mass is 35.5. The first kappa shape index (κ1) is 9.07. The molecule has 1 heterocycles. The molecule has 0 unspecified atom stereocenters. The van der Waals surface area contributed by atoms with Crippen LogP contribution in [-0.4, -0.2) is 25.9 Å². The van der Waals surface area contributed by atoms with E-state index in [0.29, 0.717) is 5.46 Å². The van der Waals surface area contributed by atoms with Gasteiger partial charge in [-0.2, -0.15) is 0 Å². The van der Waals surface area contributed by atoms with Crippen molar-refractivity contribution < 1.29 is 9.53 Å². The number of nitrogens with zero attached hydrogens (tertiary/aromatic N) is 1. The average molecular weight is 181 g/mol. The molecule has 0 bridgehead atoms. The Morgan fingerprint density at radius 3 is 2.92 bits per heavy atom. The average Bonchev–Trinajstić information content (AvgIpc) is 2.03. The number of carbonyl (C=O) groups excluding carboxylic acids is 1. The standard InChI is InChI=1S/C7H5BClNO2/c1-12-7(11)6-5(9)2-4(8)3-10-6/h2-3H,1H3. The third-order valence-electron chi connectivity index (χ3n) is 1.24. The van der Waals surface area contributed by atoms with Gasteiger partial charge in [0, 0.05) is 6.20 Å². The fourth-order valence-electron chi connectivity index (χ4n) is 0.700. The molecule has 2 radical (unpaired) electrons. The summed E-state index contributed by atoms with van der Waals surface area (Å²) in [5.41, 5.74) is 0.487. The smallest absolute Gasteiger partial charge is 0.358 e. The molecule has 0 atom stereocenters. The first-order valence-electron chi connectivity index (χ1n) is 3.14. The molecule has 0 saturated heterocycles. The zero-order valence-corrected chi connectivity index (χ0v) is 7.13. The summed E-state index contributed by atoms with van der Waals surface area (Å²) >= 11 is 5.66. The van der Waals surface area contributed by atoms with Crippen LogP contribution in [0.25, 0.3) is 0 Å². The number of esters is 1. The number of aromatic nitrogens is 1. The molecule has 12 heavy (non-hydrogen) atoms. The Morgan fingerprint density at radius 2 is 2.42 bits per heavy atom. The van der Waals surface area contributed by atoms with Gasteiger partial charge in [0.05, 0.1) is 12.1 Å². The second kappa shape index (κ2) is 3.58. The van der Waals surface area contributed by atoms with Gasteiger partial charge < -0.3 is 4.74 Å². The van der Waals surface area contributed by atoms with Crippen molar-refractivity contribution in [2.75, 3.05) is 7.11 Å². The Morgan fingerprint density at radius 1 is 1.75 bits per heavy atom. The van der Waals surface area contributed by atoms with Gasteiger partial charge in [-0.05, 0) is 6.07 Å². The maximum absolute atomic E-state index is 10.9. The van der Waals surface area contributed by atoms with Gasteiger partial charge in [0.15, 0.2) is 5.69 Å². The van der Waals surface area contributed by atoms with Gasteiger partial charge in [0.2, 0.25) is 0 Å². The van der Waals surface area contributed by atoms with Crippen molar-refractivity contribution in [3.63, 3.8) is 0 Å². The maximum Gasteiger partial charge on any atom is 0.358 e. The number of rotatable bonds is 1. The summed E-state index contributed by atoms with van der Waals surface area (Å²) in [6, 6.07) is 1.45. The predicted octanol–water partition coefficient (Wildman–Crippen LogP) is 0.315. The lowest BCUT2D eigenvalue weighted by molar-refractivity contribution is 0.0594. The van der Waals surface area contributed by atoms with E-state index < -0.39 is 5.97 Å². The van der Waals surface area contributed by atoms with E-state index in [-0.39, 0.29) is 10.7 Å². The summed E-state index contributed by atoms with van der Waals surface area (Å²) in [5, 5.41) is 0.196. The summed E-state index contributed by atoms with van der Waals surface area (Å²) in [5.74, 6) is -0.569. The molecule has 0 saturated carbocycles. The topological polar surface area (TPSA) is 39.2 Å². The van der Waals surface area contributed by atoms with Crippen LogP contribution < -0.4 is 5.46 Å². The van der Waals surface area contributed by atoms with Crippen molar-refractivity contribution in [3.8, 4) is 0 Å². The lowest BCUT2D eigenvalue weighted by Gasteiger charge is -2.00. The number of hydrogen-bond donors (Lipinski definition) is 0. The Hall–Kier alpha value is -1.03. The van der Waals surface area contributed by atoms with Crippen LogP contribution >= 0.6 is 11.6 Å². The number of ether oxygens (including phenoxy) is 1. The minimum Gasteiger partial charge on any atom is -0.464 e. The summed E-state index contributed by atoms with van der Waals surface area (Å²) in [6.07, 6.45) is 1.35. The molecule has 0 fully saturated rings. The molecule has 60 valence electrons. The fourth-order valence-corrected chi connectivity index (χ4v) is 0.952. The summed E-state index contributed by atoms with van der Waals surface area (Å²) < 4.78 is 4.43. The van der Waals surface area contributed by atoms with E-state index in [1.54, 1.807) is 0 Å². The number of methoxy groups -OCH3 is 1. The van der Waals surface area contributed by atoms with Gasteiger partial charge in [-0.1, -0.05) is 17.1 Å². The summed E-state index contributed by atoms with van der Waals surface area (Å²) in [6.45, 7) is 0. The van der Waals surface area contributed by atoms with Crippen LogP contribution in [0.4, 0.5) is 0 Å². The minimum absolute atomic E-state index is 0.0772. The molecule has 5 heteroatoms. The third-order valence-corrected chi connectivity index (χ3v) is 1.53. The van der Waals surface area contributed by atoms with E-state index in [1.165, 1.54) is 19.4 Å². The Labute approximate surface area is 76.1 Å². The largest absolute Gasteiger partial charge is 0.464 e. The van der Waals surface area contributed by atoms with Crippen LogP contribution in [-0.2, 0) is 4.74 Å². The first-order valence-corrected chi connectivity index (χ1v) is 3.52. The Bertz CT molecular complexity index is 316. The molecular formula is C7H5BClNO2. The van der Waals surface area contributed by atoms with Crippen LogP contribution in [0.5, 0.6) is 0 Å². The number of carbonyl (C=O) groups is 1. The lowest BCUT2D eigenvalue weighted by atomic mass is 9.99. The molecule has 1 aromatic rings. The third kappa shape index (κ3) is 1.77. The molecule has 3 nitrogen and oxygen atoms in total. The predicted molar refractivity (Wildman–Crippen MR) is 46.0 cm³/mol. The molecule has 0 spiro atoms. The van der Waals surface area contributed by atoms with Gasteiger partial charge in [-0.15, -0.1) is 0 Å². The highest BCUT2D eigenvalue weighted by molar-refractivity contribution is 6.37. The second-order valence-electron chi connectivity index (χ2n) is 2.09. The van der Waals surface area contributed by atoms with E-state index in [1.807, 2.05) is 0 Å². The highest BCUT2D eigenvalue weighted by Gasteiger charge is 2.11. The van der Waals surface area contributed by atoms with Crippen LogP contribution in [0.1, 0.15) is 10.5 Å². The van der Waals surface area contributed by atoms with Gasteiger partial charge in [-0.3, -0.25) is 0 Å². The Kier molecular flexibility index (Phi) is 2.71. The zero-order valence-electron chi connectivity index (χ0n) is 6.37. The summed E-state index contributed by atoms with van der Waals surface area (Å²) in [4.78, 5) is 14.7. The highest BCUT2D eigenvalue weighted by Crippen LogP contribution is 2.11. The van der Waals surface area contributed by atoms with Crippen molar-refractivity contribution in [2.45, 2.75) is 0 Å². The van der Waals surface area contributed by atoms with Gasteiger partial charge in [0.25, 0.3) is 0 Å². The number of halogens is 1. The fraction of sp³-hybridized carbons (Fsp3) is 0.143. The molecular weight excluding hydrogens is 176 g/mol. The van der Waals surface area contributed by atoms with Crippen molar-refractivity contribution in [1.82, 2.24) is 4.98 Å². The zero-order chi connectivity index (χ0) is 9.14. The molecule has 0 aliphatic carbocycles. The molecule has 1 rings (SSSR count). The normalized spacial score (nSPS) is 9.50. The lowest BCUT2D eigenvalue weighted by Crippen LogP contribution is -2.10. The van der Waals surface area contributed by atoms with Gasteiger partial charge in [-0.25, -0.2) is 9.78 Å². The molecule has 0 aliphatic rings. The van der Waals surface area contributed by atoms with E-state index in [4.69, 9.17) is 19.4 Å². The molecule has 0 amide bonds. The van der Waals surface area contributed by atoms with Crippen molar-refractivity contribution in [3.05, 3.63) is 23.0 Å². The minimum atomic E-state index is -0.569. The molecule has 0 aromatic carbocycles. The SMILES string of the molecule is [B]c1cnc(C(=O)OC)c(Cl)c1. The van der Waals surface area contributed by atoms with Crippen molar-refractivity contribution >= 4 is 30.9 Å². The molecule has 0 N–H and O–H groups in total. The van der Waals surface area contributed by atoms with E-state index in [2.05, 4.69) is 9.72 Å². The van der Waals surface area contributed by atoms with Crippen LogP contribution in [0.15, 0.2) is 12.3 Å².